The third-order valence-corrected chi connectivity index (χ3v) is 5.69. The lowest BCUT2D eigenvalue weighted by Gasteiger charge is -2.06. The van der Waals surface area contributed by atoms with Crippen molar-refractivity contribution in [3.05, 3.63) is 118 Å². The van der Waals surface area contributed by atoms with Crippen LogP contribution in [0.2, 0.25) is 0 Å². The SMILES string of the molecule is Cc1ccc2c3[n+](ccc2c1)=C=CC(=O)C=3.Cc1cn2ccc3ccccc3c2cc1=O. The average Bonchev–Trinajstić information content (AvgIpc) is 2.80. The van der Waals surface area contributed by atoms with Gasteiger partial charge in [0.2, 0.25) is 5.35 Å². The smallest absolute Gasteiger partial charge is 0.232 e. The van der Waals surface area contributed by atoms with Gasteiger partial charge in [-0.25, -0.2) is 0 Å². The first kappa shape index (κ1) is 19.7. The van der Waals surface area contributed by atoms with Crippen LogP contribution >= 0.6 is 0 Å². The number of carbonyl (C=O) groups excluding carboxylic acids is 1. The number of nitrogens with zero attached hydrogens (tertiary/aromatic N) is 2. The van der Waals surface area contributed by atoms with E-state index in [4.69, 9.17) is 0 Å². The van der Waals surface area contributed by atoms with Crippen LogP contribution in [0.25, 0.3) is 33.1 Å². The highest BCUT2D eigenvalue weighted by Crippen LogP contribution is 2.18. The zero-order chi connectivity index (χ0) is 22.2. The van der Waals surface area contributed by atoms with E-state index in [1.165, 1.54) is 11.6 Å². The Balaban J connectivity index is 0.000000135. The van der Waals surface area contributed by atoms with Gasteiger partial charge in [0.05, 0.1) is 23.1 Å². The molecular weight excluding hydrogens is 396 g/mol. The molecule has 2 aromatic carbocycles. The third-order valence-electron chi connectivity index (χ3n) is 5.69. The van der Waals surface area contributed by atoms with E-state index < -0.39 is 0 Å². The number of hydrogen-bond donors (Lipinski definition) is 0. The van der Waals surface area contributed by atoms with E-state index in [9.17, 15) is 9.59 Å². The second-order valence-electron chi connectivity index (χ2n) is 8.00. The van der Waals surface area contributed by atoms with Crippen LogP contribution in [0.5, 0.6) is 0 Å². The molecule has 1 aliphatic rings. The van der Waals surface area contributed by atoms with Crippen LogP contribution in [0.1, 0.15) is 11.1 Å². The molecule has 154 valence electrons. The molecular formula is C28H21N2O2+. The van der Waals surface area contributed by atoms with Gasteiger partial charge in [-0.1, -0.05) is 42.0 Å². The Morgan fingerprint density at radius 1 is 0.875 bits per heavy atom. The third kappa shape index (κ3) is 3.53. The van der Waals surface area contributed by atoms with Crippen LogP contribution in [0.3, 0.4) is 0 Å². The van der Waals surface area contributed by atoms with Crippen LogP contribution in [0, 0.1) is 19.7 Å². The van der Waals surface area contributed by atoms with E-state index in [0.717, 1.165) is 38.0 Å². The fourth-order valence-electron chi connectivity index (χ4n) is 4.02. The van der Waals surface area contributed by atoms with Crippen molar-refractivity contribution in [2.24, 2.45) is 0 Å². The molecule has 1 aliphatic heterocycles. The van der Waals surface area contributed by atoms with Crippen molar-refractivity contribution in [2.75, 3.05) is 0 Å². The number of ketones is 1. The van der Waals surface area contributed by atoms with Gasteiger partial charge in [-0.2, -0.15) is 0 Å². The molecule has 0 fully saturated rings. The largest absolute Gasteiger partial charge is 0.323 e. The molecule has 0 spiro atoms. The average molecular weight is 417 g/mol. The lowest BCUT2D eigenvalue weighted by Crippen LogP contribution is -2.38. The van der Waals surface area contributed by atoms with Gasteiger partial charge in [-0.05, 0) is 36.8 Å². The number of benzene rings is 2. The highest BCUT2D eigenvalue weighted by molar-refractivity contribution is 6.13. The first-order valence-corrected chi connectivity index (χ1v) is 10.4. The van der Waals surface area contributed by atoms with Crippen molar-refractivity contribution in [3.63, 3.8) is 0 Å². The van der Waals surface area contributed by atoms with Gasteiger partial charge in [0.1, 0.15) is 0 Å². The quantitative estimate of drug-likeness (QED) is 0.285. The maximum Gasteiger partial charge on any atom is 0.232 e. The van der Waals surface area contributed by atoms with Gasteiger partial charge in [-0.3, -0.25) is 9.59 Å². The first-order chi connectivity index (χ1) is 15.5. The van der Waals surface area contributed by atoms with Gasteiger partial charge in [-0.15, -0.1) is 4.24 Å². The van der Waals surface area contributed by atoms with E-state index in [1.807, 2.05) is 64.5 Å². The predicted octanol–water partition coefficient (Wildman–Crippen LogP) is 3.73. The molecule has 4 heterocycles. The second-order valence-corrected chi connectivity index (χ2v) is 8.00. The number of aryl methyl sites for hydroxylation is 2. The molecule has 0 bridgehead atoms. The normalized spacial score (nSPS) is 12.1. The maximum atomic E-state index is 11.7. The number of rotatable bonds is 0. The van der Waals surface area contributed by atoms with E-state index >= 15 is 0 Å². The maximum absolute atomic E-state index is 11.7. The first-order valence-electron chi connectivity index (χ1n) is 10.4. The van der Waals surface area contributed by atoms with Crippen LogP contribution in [-0.2, 0) is 4.79 Å². The van der Waals surface area contributed by atoms with Crippen molar-refractivity contribution in [1.82, 2.24) is 4.40 Å². The molecule has 4 heteroatoms. The molecule has 0 unspecified atom stereocenters. The van der Waals surface area contributed by atoms with E-state index in [1.54, 1.807) is 12.1 Å². The van der Waals surface area contributed by atoms with E-state index in [-0.39, 0.29) is 11.2 Å². The summed E-state index contributed by atoms with van der Waals surface area (Å²) in [5.74, 6) is 2.92. The van der Waals surface area contributed by atoms with Gasteiger partial charge in [0.25, 0.3) is 0 Å². The molecule has 6 rings (SSSR count). The molecule has 0 atom stereocenters. The Bertz CT molecular complexity index is 1770. The minimum absolute atomic E-state index is 0.00641. The van der Waals surface area contributed by atoms with Crippen LogP contribution in [-0.4, -0.2) is 10.2 Å². The molecule has 0 radical (unpaired) electrons. The summed E-state index contributed by atoms with van der Waals surface area (Å²) < 4.78 is 3.85. The molecule has 0 saturated heterocycles. The fraction of sp³-hybridized carbons (Fsp3) is 0.0714. The fourth-order valence-corrected chi connectivity index (χ4v) is 4.02. The Kier molecular flexibility index (Phi) is 4.78. The minimum Gasteiger partial charge on any atom is -0.323 e. The van der Waals surface area contributed by atoms with Gasteiger partial charge >= 0.3 is 0 Å². The summed E-state index contributed by atoms with van der Waals surface area (Å²) in [5, 5.41) is 5.42. The molecule has 3 aromatic heterocycles. The molecule has 5 aromatic rings. The lowest BCUT2D eigenvalue weighted by atomic mass is 10.1. The summed E-state index contributed by atoms with van der Waals surface area (Å²) in [6.45, 7) is 3.90. The van der Waals surface area contributed by atoms with Crippen molar-refractivity contribution in [2.45, 2.75) is 13.8 Å². The van der Waals surface area contributed by atoms with Crippen molar-refractivity contribution in [3.8, 4) is 0 Å². The Morgan fingerprint density at radius 2 is 1.72 bits per heavy atom. The van der Waals surface area contributed by atoms with Gasteiger partial charge in [0, 0.05) is 35.5 Å². The van der Waals surface area contributed by atoms with E-state index in [2.05, 4.69) is 37.1 Å². The van der Waals surface area contributed by atoms with Crippen molar-refractivity contribution < 1.29 is 9.04 Å². The summed E-state index contributed by atoms with van der Waals surface area (Å²) in [4.78, 5) is 23.0. The highest BCUT2D eigenvalue weighted by Gasteiger charge is 2.08. The van der Waals surface area contributed by atoms with E-state index in [0.29, 0.717) is 0 Å². The van der Waals surface area contributed by atoms with Crippen LogP contribution in [0.15, 0.2) is 90.1 Å². The summed E-state index contributed by atoms with van der Waals surface area (Å²) in [6.07, 6.45) is 8.89. The Morgan fingerprint density at radius 3 is 2.59 bits per heavy atom. The van der Waals surface area contributed by atoms with Crippen molar-refractivity contribution >= 4 is 38.9 Å². The zero-order valence-corrected chi connectivity index (χ0v) is 17.9. The molecule has 0 saturated carbocycles. The number of aromatic nitrogens is 2. The van der Waals surface area contributed by atoms with Crippen molar-refractivity contribution in [1.29, 1.82) is 0 Å². The summed E-state index contributed by atoms with van der Waals surface area (Å²) >= 11 is 0. The number of allylic oxidation sites excluding steroid dienone is 1. The summed E-state index contributed by atoms with van der Waals surface area (Å²) in [7, 11) is 0. The Labute approximate surface area is 184 Å². The summed E-state index contributed by atoms with van der Waals surface area (Å²) in [5.41, 5.74) is 3.05. The minimum atomic E-state index is -0.00641. The molecule has 4 nitrogen and oxygen atoms in total. The molecule has 0 aliphatic carbocycles. The molecule has 0 amide bonds. The summed E-state index contributed by atoms with van der Waals surface area (Å²) in [6, 6.07) is 20.1. The lowest BCUT2D eigenvalue weighted by molar-refractivity contribution is -0.516. The van der Waals surface area contributed by atoms with Gasteiger partial charge in [0.15, 0.2) is 23.3 Å². The molecule has 32 heavy (non-hydrogen) atoms. The number of fused-ring (bicyclic) bond motifs is 6. The zero-order valence-electron chi connectivity index (χ0n) is 17.9. The van der Waals surface area contributed by atoms with Crippen LogP contribution in [0.4, 0.5) is 0 Å². The number of pyridine rings is 3. The monoisotopic (exact) mass is 417 g/mol. The Hall–Kier alpha value is -4.27. The number of hydrogen-bond acceptors (Lipinski definition) is 2. The second kappa shape index (κ2) is 7.77. The van der Waals surface area contributed by atoms with Gasteiger partial charge < -0.3 is 4.40 Å². The van der Waals surface area contributed by atoms with Crippen LogP contribution < -0.4 is 15.0 Å². The highest BCUT2D eigenvalue weighted by atomic mass is 16.1. The predicted molar refractivity (Wildman–Crippen MR) is 127 cm³/mol. The standard InChI is InChI=1S/C14H10NO.C14H11NO/c1-10-2-3-13-11(8-10)4-6-15-7-5-12(16)9-14(13)15;1-10-9-15-7-6-11-4-2-3-5-12(11)13(15)8-14(10)16/h2-6,8-9H,1H3;2-9H,1H3/q+1;. The topological polar surface area (TPSA) is 44.5 Å². The number of carbonyl (C=O) groups is 1. The molecule has 0 N–H and O–H groups in total.